The van der Waals surface area contributed by atoms with Gasteiger partial charge in [0.2, 0.25) is 5.91 Å². The fourth-order valence-corrected chi connectivity index (χ4v) is 4.21. The van der Waals surface area contributed by atoms with Gasteiger partial charge in [0.05, 0.1) is 25.5 Å². The van der Waals surface area contributed by atoms with Crippen molar-refractivity contribution in [2.45, 2.75) is 25.5 Å². The summed E-state index contributed by atoms with van der Waals surface area (Å²) in [4.78, 5) is 14.9. The average Bonchev–Trinajstić information content (AvgIpc) is 3.18. The van der Waals surface area contributed by atoms with E-state index in [1.807, 2.05) is 60.0 Å². The average molecular weight is 438 g/mol. The van der Waals surface area contributed by atoms with Gasteiger partial charge in [0, 0.05) is 24.5 Å². The van der Waals surface area contributed by atoms with Crippen LogP contribution < -0.4 is 5.32 Å². The number of ether oxygens (including phenoxy) is 1. The van der Waals surface area contributed by atoms with Gasteiger partial charge in [0.1, 0.15) is 0 Å². The Labute approximate surface area is 186 Å². The fourth-order valence-electron chi connectivity index (χ4n) is 3.44. The van der Waals surface area contributed by atoms with Gasteiger partial charge in [0.25, 0.3) is 0 Å². The topological polar surface area (TPSA) is 72.3 Å². The first-order chi connectivity index (χ1) is 15.1. The lowest BCUT2D eigenvalue weighted by molar-refractivity contribution is -0.113. The normalized spacial score (nSPS) is 14.5. The van der Waals surface area contributed by atoms with E-state index in [2.05, 4.69) is 27.3 Å². The Balaban J connectivity index is 1.48. The maximum Gasteiger partial charge on any atom is 0.234 e. The molecule has 0 radical (unpaired) electrons. The third-order valence-corrected chi connectivity index (χ3v) is 6.24. The van der Waals surface area contributed by atoms with E-state index in [1.165, 1.54) is 17.3 Å². The number of para-hydroxylation sites is 1. The van der Waals surface area contributed by atoms with Crippen LogP contribution in [0.5, 0.6) is 0 Å². The molecule has 162 valence electrons. The number of morpholine rings is 1. The van der Waals surface area contributed by atoms with Gasteiger partial charge in [-0.25, -0.2) is 0 Å². The summed E-state index contributed by atoms with van der Waals surface area (Å²) in [7, 11) is 0. The Morgan fingerprint density at radius 2 is 1.84 bits per heavy atom. The minimum Gasteiger partial charge on any atom is -0.379 e. The smallest absolute Gasteiger partial charge is 0.234 e. The number of nitrogens with one attached hydrogen (secondary N) is 1. The van der Waals surface area contributed by atoms with Gasteiger partial charge in [0.15, 0.2) is 11.0 Å². The van der Waals surface area contributed by atoms with E-state index in [9.17, 15) is 4.79 Å². The number of benzene rings is 2. The molecule has 2 aromatic carbocycles. The molecule has 1 aromatic heterocycles. The van der Waals surface area contributed by atoms with Gasteiger partial charge in [-0.15, -0.1) is 10.2 Å². The van der Waals surface area contributed by atoms with Crippen LogP contribution in [0.4, 0.5) is 5.69 Å². The predicted molar refractivity (Wildman–Crippen MR) is 123 cm³/mol. The van der Waals surface area contributed by atoms with Crippen molar-refractivity contribution in [3.05, 3.63) is 65.5 Å². The summed E-state index contributed by atoms with van der Waals surface area (Å²) in [6, 6.07) is 16.0. The van der Waals surface area contributed by atoms with Crippen LogP contribution in [0, 0.1) is 13.8 Å². The summed E-state index contributed by atoms with van der Waals surface area (Å²) >= 11 is 1.39. The van der Waals surface area contributed by atoms with Crippen molar-refractivity contribution in [1.29, 1.82) is 0 Å². The highest BCUT2D eigenvalue weighted by molar-refractivity contribution is 7.99. The van der Waals surface area contributed by atoms with Gasteiger partial charge in [-0.1, -0.05) is 36.0 Å². The molecule has 0 saturated carbocycles. The van der Waals surface area contributed by atoms with Crippen molar-refractivity contribution in [2.75, 3.05) is 37.4 Å². The molecular weight excluding hydrogens is 410 g/mol. The molecule has 7 nitrogen and oxygen atoms in total. The lowest BCUT2D eigenvalue weighted by Crippen LogP contribution is -2.36. The Kier molecular flexibility index (Phi) is 7.01. The first-order valence-electron chi connectivity index (χ1n) is 10.4. The quantitative estimate of drug-likeness (QED) is 0.571. The number of nitrogens with zero attached hydrogens (tertiary/aromatic N) is 4. The first kappa shape index (κ1) is 21.5. The minimum absolute atomic E-state index is 0.0643. The molecule has 1 amide bonds. The molecule has 1 aliphatic heterocycles. The van der Waals surface area contributed by atoms with Crippen LogP contribution in [0.2, 0.25) is 0 Å². The summed E-state index contributed by atoms with van der Waals surface area (Å²) in [6.07, 6.45) is 0. The largest absolute Gasteiger partial charge is 0.379 e. The van der Waals surface area contributed by atoms with Gasteiger partial charge in [-0.05, 0) is 49.2 Å². The molecule has 0 atom stereocenters. The van der Waals surface area contributed by atoms with Crippen LogP contribution in [0.3, 0.4) is 0 Å². The van der Waals surface area contributed by atoms with Gasteiger partial charge in [-0.3, -0.25) is 14.3 Å². The van der Waals surface area contributed by atoms with Crippen LogP contribution in [0.15, 0.2) is 53.7 Å². The summed E-state index contributed by atoms with van der Waals surface area (Å²) in [5.41, 5.74) is 4.16. The minimum atomic E-state index is -0.0643. The van der Waals surface area contributed by atoms with E-state index in [4.69, 9.17) is 4.74 Å². The molecule has 2 heterocycles. The number of rotatable bonds is 7. The number of carbonyl (C=O) groups is 1. The SMILES string of the molecule is Cc1ccc(NC(=O)CSc2nnc(CN3CCOCC3)n2-c2ccccc2)cc1C. The monoisotopic (exact) mass is 437 g/mol. The lowest BCUT2D eigenvalue weighted by atomic mass is 10.1. The second-order valence-corrected chi connectivity index (χ2v) is 8.54. The molecule has 0 aliphatic carbocycles. The second-order valence-electron chi connectivity index (χ2n) is 7.59. The molecule has 1 saturated heterocycles. The van der Waals surface area contributed by atoms with Gasteiger partial charge >= 0.3 is 0 Å². The van der Waals surface area contributed by atoms with Crippen LogP contribution in [-0.2, 0) is 16.1 Å². The standard InChI is InChI=1S/C23H27N5O2S/c1-17-8-9-19(14-18(17)2)24-22(29)16-31-23-26-25-21(15-27-10-12-30-13-11-27)28(23)20-6-4-3-5-7-20/h3-9,14H,10-13,15-16H2,1-2H3,(H,24,29). The van der Waals surface area contributed by atoms with Crippen molar-refractivity contribution in [3.8, 4) is 5.69 Å². The number of aryl methyl sites for hydroxylation is 2. The maximum atomic E-state index is 12.5. The molecule has 4 rings (SSSR count). The number of hydrogen-bond acceptors (Lipinski definition) is 6. The highest BCUT2D eigenvalue weighted by atomic mass is 32.2. The molecule has 1 aliphatic rings. The number of carbonyl (C=O) groups excluding carboxylic acids is 1. The summed E-state index contributed by atoms with van der Waals surface area (Å²) in [5, 5.41) is 12.5. The van der Waals surface area contributed by atoms with Crippen molar-refractivity contribution < 1.29 is 9.53 Å². The van der Waals surface area contributed by atoms with Crippen molar-refractivity contribution in [2.24, 2.45) is 0 Å². The number of anilines is 1. The molecular formula is C23H27N5O2S. The fraction of sp³-hybridized carbons (Fsp3) is 0.348. The van der Waals surface area contributed by atoms with Crippen LogP contribution in [-0.4, -0.2) is 57.6 Å². The molecule has 0 unspecified atom stereocenters. The van der Waals surface area contributed by atoms with Gasteiger partial charge in [-0.2, -0.15) is 0 Å². The number of hydrogen-bond donors (Lipinski definition) is 1. The highest BCUT2D eigenvalue weighted by Gasteiger charge is 2.19. The zero-order valence-electron chi connectivity index (χ0n) is 17.9. The molecule has 3 aromatic rings. The summed E-state index contributed by atoms with van der Waals surface area (Å²) in [6.45, 7) is 8.02. The summed E-state index contributed by atoms with van der Waals surface area (Å²) in [5.74, 6) is 1.06. The predicted octanol–water partition coefficient (Wildman–Crippen LogP) is 3.45. The van der Waals surface area contributed by atoms with Crippen LogP contribution >= 0.6 is 11.8 Å². The Morgan fingerprint density at radius 1 is 1.06 bits per heavy atom. The molecule has 31 heavy (non-hydrogen) atoms. The van der Waals surface area contributed by atoms with E-state index in [-0.39, 0.29) is 11.7 Å². The van der Waals surface area contributed by atoms with Crippen LogP contribution in [0.25, 0.3) is 5.69 Å². The van der Waals surface area contributed by atoms with Crippen molar-refractivity contribution >= 4 is 23.4 Å². The van der Waals surface area contributed by atoms with E-state index in [0.29, 0.717) is 11.7 Å². The highest BCUT2D eigenvalue weighted by Crippen LogP contribution is 2.23. The number of amides is 1. The maximum absolute atomic E-state index is 12.5. The molecule has 1 N–H and O–H groups in total. The zero-order valence-corrected chi connectivity index (χ0v) is 18.7. The Morgan fingerprint density at radius 3 is 2.58 bits per heavy atom. The lowest BCUT2D eigenvalue weighted by Gasteiger charge is -2.26. The third kappa shape index (κ3) is 5.52. The summed E-state index contributed by atoms with van der Waals surface area (Å²) < 4.78 is 7.50. The van der Waals surface area contributed by atoms with E-state index < -0.39 is 0 Å². The van der Waals surface area contributed by atoms with Crippen LogP contribution in [0.1, 0.15) is 17.0 Å². The molecule has 0 bridgehead atoms. The molecule has 1 fully saturated rings. The van der Waals surface area contributed by atoms with Crippen molar-refractivity contribution in [3.63, 3.8) is 0 Å². The Hall–Kier alpha value is -2.68. The Bertz CT molecular complexity index is 1030. The molecule has 8 heteroatoms. The second kappa shape index (κ2) is 10.1. The number of aromatic nitrogens is 3. The zero-order chi connectivity index (χ0) is 21.6. The third-order valence-electron chi connectivity index (χ3n) is 5.31. The van der Waals surface area contributed by atoms with E-state index >= 15 is 0 Å². The van der Waals surface area contributed by atoms with Gasteiger partial charge < -0.3 is 10.1 Å². The molecule has 0 spiro atoms. The van der Waals surface area contributed by atoms with E-state index in [0.717, 1.165) is 49.1 Å². The first-order valence-corrected chi connectivity index (χ1v) is 11.4. The van der Waals surface area contributed by atoms with Crippen molar-refractivity contribution in [1.82, 2.24) is 19.7 Å². The van der Waals surface area contributed by atoms with E-state index in [1.54, 1.807) is 0 Å². The number of thioether (sulfide) groups is 1.